The lowest BCUT2D eigenvalue weighted by Gasteiger charge is -2.09. The summed E-state index contributed by atoms with van der Waals surface area (Å²) in [5, 5.41) is 16.4. The predicted molar refractivity (Wildman–Crippen MR) is 106 cm³/mol. The Morgan fingerprint density at radius 1 is 1.39 bits per heavy atom. The molecule has 8 heteroatoms. The van der Waals surface area contributed by atoms with Crippen molar-refractivity contribution >= 4 is 29.0 Å². The van der Waals surface area contributed by atoms with Gasteiger partial charge in [-0.3, -0.25) is 4.99 Å². The topological polar surface area (TPSA) is 79.1 Å². The summed E-state index contributed by atoms with van der Waals surface area (Å²) in [6.45, 7) is 1.43. The smallest absolute Gasteiger partial charge is 0.141 e. The molecule has 0 bridgehead atoms. The molecule has 2 aromatic rings. The Morgan fingerprint density at radius 2 is 2.29 bits per heavy atom. The van der Waals surface area contributed by atoms with Crippen molar-refractivity contribution in [3.63, 3.8) is 0 Å². The van der Waals surface area contributed by atoms with Gasteiger partial charge in [-0.05, 0) is 36.6 Å². The van der Waals surface area contributed by atoms with Gasteiger partial charge in [0.2, 0.25) is 0 Å². The molecule has 1 fully saturated rings. The van der Waals surface area contributed by atoms with Crippen molar-refractivity contribution < 1.29 is 14.3 Å². The zero-order valence-electron chi connectivity index (χ0n) is 15.2. The third-order valence-corrected chi connectivity index (χ3v) is 5.25. The number of nitrogens with one attached hydrogen (secondary N) is 1. The molecule has 0 radical (unpaired) electrons. The highest BCUT2D eigenvalue weighted by atomic mass is 35.5. The maximum atomic E-state index is 13.4. The minimum absolute atomic E-state index is 0.0416. The van der Waals surface area contributed by atoms with Gasteiger partial charge in [-0.25, -0.2) is 9.37 Å². The second-order valence-corrected chi connectivity index (χ2v) is 7.29. The van der Waals surface area contributed by atoms with Crippen molar-refractivity contribution in [3.05, 3.63) is 58.0 Å². The van der Waals surface area contributed by atoms with E-state index in [0.29, 0.717) is 30.9 Å². The first-order chi connectivity index (χ1) is 13.6. The molecule has 0 aliphatic carbocycles. The maximum Gasteiger partial charge on any atom is 0.141 e. The molecule has 0 saturated carbocycles. The first kappa shape index (κ1) is 18.8. The van der Waals surface area contributed by atoms with Crippen LogP contribution in [0.1, 0.15) is 29.5 Å². The monoisotopic (exact) mass is 402 g/mol. The molecular weight excluding hydrogens is 383 g/mol. The molecule has 1 saturated heterocycles. The number of pyridine rings is 1. The second-order valence-electron chi connectivity index (χ2n) is 6.88. The molecule has 6 nitrogen and oxygen atoms in total. The molecule has 1 aromatic heterocycles. The van der Waals surface area contributed by atoms with E-state index >= 15 is 0 Å². The number of aromatic nitrogens is 1. The van der Waals surface area contributed by atoms with E-state index in [4.69, 9.17) is 16.3 Å². The standard InChI is InChI=1S/C20H20ClFN4O2/c21-16-8-12(3-4-17(16)22)9-18(26-27)14-5-6-23-20-15(14)10-19(25-20)24-11-13-2-1-7-28-13/h3-6,8,13,27H,1-2,7,9-11H2,(H,23,24,25)/b26-18+/t13-/m0/s1. The Kier molecular flexibility index (Phi) is 5.54. The average Bonchev–Trinajstić information content (AvgIpc) is 3.36. The van der Waals surface area contributed by atoms with Crippen molar-refractivity contribution in [1.82, 2.24) is 4.98 Å². The number of oxime groups is 1. The Morgan fingerprint density at radius 3 is 3.04 bits per heavy atom. The Labute approximate surface area is 167 Å². The number of anilines is 1. The molecule has 0 spiro atoms. The molecule has 0 amide bonds. The van der Waals surface area contributed by atoms with Crippen LogP contribution < -0.4 is 5.32 Å². The summed E-state index contributed by atoms with van der Waals surface area (Å²) in [7, 11) is 0. The number of aliphatic imine (C=N–C) groups is 1. The zero-order chi connectivity index (χ0) is 19.5. The number of halogens is 2. The van der Waals surface area contributed by atoms with Gasteiger partial charge >= 0.3 is 0 Å². The van der Waals surface area contributed by atoms with Crippen molar-refractivity contribution in [2.75, 3.05) is 18.5 Å². The maximum absolute atomic E-state index is 13.4. The van der Waals surface area contributed by atoms with Gasteiger partial charge in [0.05, 0.1) is 23.4 Å². The molecule has 1 aromatic carbocycles. The Hall–Kier alpha value is -2.51. The van der Waals surface area contributed by atoms with Crippen molar-refractivity contribution in [2.45, 2.75) is 31.8 Å². The third-order valence-electron chi connectivity index (χ3n) is 4.96. The molecular formula is C20H20ClFN4O2. The van der Waals surface area contributed by atoms with Crippen LogP contribution in [0.3, 0.4) is 0 Å². The van der Waals surface area contributed by atoms with E-state index in [1.54, 1.807) is 12.3 Å². The van der Waals surface area contributed by atoms with Gasteiger partial charge in [-0.2, -0.15) is 0 Å². The van der Waals surface area contributed by atoms with Crippen molar-refractivity contribution in [1.29, 1.82) is 0 Å². The van der Waals surface area contributed by atoms with Crippen LogP contribution >= 0.6 is 11.6 Å². The number of fused-ring (bicyclic) bond motifs is 1. The first-order valence-electron chi connectivity index (χ1n) is 9.19. The van der Waals surface area contributed by atoms with Gasteiger partial charge in [0.25, 0.3) is 0 Å². The van der Waals surface area contributed by atoms with E-state index < -0.39 is 5.82 Å². The highest BCUT2D eigenvalue weighted by molar-refractivity contribution is 6.30. The van der Waals surface area contributed by atoms with E-state index in [1.165, 1.54) is 12.1 Å². The summed E-state index contributed by atoms with van der Waals surface area (Å²) in [6.07, 6.45) is 4.85. The summed E-state index contributed by atoms with van der Waals surface area (Å²) >= 11 is 5.86. The fourth-order valence-electron chi connectivity index (χ4n) is 3.52. The van der Waals surface area contributed by atoms with Gasteiger partial charge in [-0.1, -0.05) is 22.8 Å². The summed E-state index contributed by atoms with van der Waals surface area (Å²) in [5.41, 5.74) is 2.92. The zero-order valence-corrected chi connectivity index (χ0v) is 15.9. The summed E-state index contributed by atoms with van der Waals surface area (Å²) in [6, 6.07) is 6.28. The fourth-order valence-corrected chi connectivity index (χ4v) is 3.72. The summed E-state index contributed by atoms with van der Waals surface area (Å²) in [5.74, 6) is 1.06. The van der Waals surface area contributed by atoms with Crippen LogP contribution in [-0.4, -0.2) is 41.0 Å². The van der Waals surface area contributed by atoms with E-state index in [0.717, 1.165) is 42.0 Å². The van der Waals surface area contributed by atoms with E-state index in [9.17, 15) is 9.60 Å². The quantitative estimate of drug-likeness (QED) is 0.452. The number of hydrogen-bond donors (Lipinski definition) is 2. The molecule has 146 valence electrons. The SMILES string of the molecule is O/N=C(\Cc1ccc(F)c(Cl)c1)c1ccnc2c1CC(=NC[C@@H]1CCCO1)N2. The third kappa shape index (κ3) is 4.00. The van der Waals surface area contributed by atoms with Crippen LogP contribution in [0, 0.1) is 5.82 Å². The van der Waals surface area contributed by atoms with Crippen molar-refractivity contribution in [3.8, 4) is 0 Å². The van der Waals surface area contributed by atoms with Crippen LogP contribution in [0.25, 0.3) is 0 Å². The van der Waals surface area contributed by atoms with Crippen LogP contribution in [-0.2, 0) is 17.6 Å². The number of nitrogens with zero attached hydrogens (tertiary/aromatic N) is 3. The van der Waals surface area contributed by atoms with E-state index in [2.05, 4.69) is 20.4 Å². The van der Waals surface area contributed by atoms with Crippen LogP contribution in [0.15, 0.2) is 40.6 Å². The molecule has 2 N–H and O–H groups in total. The number of hydrogen-bond acceptors (Lipinski definition) is 5. The van der Waals surface area contributed by atoms with Gasteiger partial charge in [0.1, 0.15) is 17.5 Å². The second kappa shape index (κ2) is 8.24. The molecule has 1 atom stereocenters. The molecule has 0 unspecified atom stereocenters. The number of rotatable bonds is 5. The Balaban J connectivity index is 1.54. The molecule has 3 heterocycles. The van der Waals surface area contributed by atoms with Crippen LogP contribution in [0.4, 0.5) is 10.2 Å². The minimum atomic E-state index is -0.478. The van der Waals surface area contributed by atoms with E-state index in [-0.39, 0.29) is 11.1 Å². The van der Waals surface area contributed by atoms with Crippen LogP contribution in [0.2, 0.25) is 5.02 Å². The highest BCUT2D eigenvalue weighted by Gasteiger charge is 2.24. The van der Waals surface area contributed by atoms with Gasteiger partial charge in [0, 0.05) is 36.8 Å². The number of ether oxygens (including phenoxy) is 1. The van der Waals surface area contributed by atoms with Gasteiger partial charge < -0.3 is 15.3 Å². The lowest BCUT2D eigenvalue weighted by atomic mass is 9.98. The molecule has 28 heavy (non-hydrogen) atoms. The average molecular weight is 403 g/mol. The van der Waals surface area contributed by atoms with Gasteiger partial charge in [-0.15, -0.1) is 0 Å². The van der Waals surface area contributed by atoms with Crippen LogP contribution in [0.5, 0.6) is 0 Å². The van der Waals surface area contributed by atoms with Crippen molar-refractivity contribution in [2.24, 2.45) is 10.1 Å². The lowest BCUT2D eigenvalue weighted by molar-refractivity contribution is 0.118. The molecule has 4 rings (SSSR count). The number of benzene rings is 1. The molecule has 2 aliphatic rings. The summed E-state index contributed by atoms with van der Waals surface area (Å²) in [4.78, 5) is 9.00. The van der Waals surface area contributed by atoms with Gasteiger partial charge in [0.15, 0.2) is 0 Å². The fraction of sp³-hybridized carbons (Fsp3) is 0.350. The predicted octanol–water partition coefficient (Wildman–Crippen LogP) is 3.84. The minimum Gasteiger partial charge on any atom is -0.411 e. The largest absolute Gasteiger partial charge is 0.411 e. The first-order valence-corrected chi connectivity index (χ1v) is 9.57. The summed E-state index contributed by atoms with van der Waals surface area (Å²) < 4.78 is 19.0. The lowest BCUT2D eigenvalue weighted by Crippen LogP contribution is -2.14. The van der Waals surface area contributed by atoms with E-state index in [1.807, 2.05) is 6.07 Å². The number of amidine groups is 1. The normalized spacial score (nSPS) is 20.4. The highest BCUT2D eigenvalue weighted by Crippen LogP contribution is 2.27. The Bertz CT molecular complexity index is 942. The molecule has 2 aliphatic heterocycles.